The van der Waals surface area contributed by atoms with Gasteiger partial charge < -0.3 is 20.7 Å². The molecule has 1 atom stereocenters. The van der Waals surface area contributed by atoms with Gasteiger partial charge in [-0.3, -0.25) is 0 Å². The van der Waals surface area contributed by atoms with E-state index in [1.165, 1.54) is 0 Å². The number of nitrogens with zero attached hydrogens (tertiary/aromatic N) is 3. The largest absolute Gasteiger partial charge is 0.409 e. The summed E-state index contributed by atoms with van der Waals surface area (Å²) in [6, 6.07) is 6.31. The first-order chi connectivity index (χ1) is 9.04. The summed E-state index contributed by atoms with van der Waals surface area (Å²) in [7, 11) is 2.14. The van der Waals surface area contributed by atoms with Crippen LogP contribution in [0, 0.1) is 6.92 Å². The van der Waals surface area contributed by atoms with Crippen LogP contribution in [0.5, 0.6) is 0 Å². The van der Waals surface area contributed by atoms with Crippen molar-refractivity contribution in [3.63, 3.8) is 0 Å². The monoisotopic (exact) mass is 262 g/mol. The van der Waals surface area contributed by atoms with Gasteiger partial charge in [-0.1, -0.05) is 17.3 Å². The van der Waals surface area contributed by atoms with Gasteiger partial charge in [-0.15, -0.1) is 0 Å². The van der Waals surface area contributed by atoms with Crippen LogP contribution in [-0.4, -0.2) is 48.7 Å². The van der Waals surface area contributed by atoms with Crippen LogP contribution in [0.1, 0.15) is 18.1 Å². The first-order valence-electron chi connectivity index (χ1n) is 6.57. The number of benzene rings is 1. The third-order valence-electron chi connectivity index (χ3n) is 3.74. The lowest BCUT2D eigenvalue weighted by molar-refractivity contribution is 0.275. The van der Waals surface area contributed by atoms with Crippen molar-refractivity contribution in [2.45, 2.75) is 19.9 Å². The van der Waals surface area contributed by atoms with Crippen molar-refractivity contribution in [3.8, 4) is 0 Å². The Morgan fingerprint density at radius 1 is 1.42 bits per heavy atom. The molecule has 1 aliphatic rings. The summed E-state index contributed by atoms with van der Waals surface area (Å²) in [5.41, 5.74) is 8.85. The van der Waals surface area contributed by atoms with E-state index in [2.05, 4.69) is 41.9 Å². The molecule has 104 valence electrons. The summed E-state index contributed by atoms with van der Waals surface area (Å²) in [6.07, 6.45) is 0. The Morgan fingerprint density at radius 3 is 2.79 bits per heavy atom. The molecule has 2 rings (SSSR count). The van der Waals surface area contributed by atoms with Crippen molar-refractivity contribution in [1.29, 1.82) is 0 Å². The van der Waals surface area contributed by atoms with Crippen LogP contribution in [0.15, 0.2) is 23.4 Å². The summed E-state index contributed by atoms with van der Waals surface area (Å²) >= 11 is 0. The van der Waals surface area contributed by atoms with Crippen LogP contribution in [-0.2, 0) is 0 Å². The molecule has 0 aromatic heterocycles. The summed E-state index contributed by atoms with van der Waals surface area (Å²) < 4.78 is 0. The molecule has 1 fully saturated rings. The maximum Gasteiger partial charge on any atom is 0.172 e. The Morgan fingerprint density at radius 2 is 2.16 bits per heavy atom. The Labute approximate surface area is 114 Å². The molecular formula is C14H22N4O. The van der Waals surface area contributed by atoms with E-state index in [0.29, 0.717) is 6.04 Å². The zero-order valence-electron chi connectivity index (χ0n) is 11.8. The van der Waals surface area contributed by atoms with Gasteiger partial charge in [0.05, 0.1) is 5.69 Å². The molecule has 5 nitrogen and oxygen atoms in total. The third kappa shape index (κ3) is 2.66. The average Bonchev–Trinajstić information content (AvgIpc) is 2.38. The van der Waals surface area contributed by atoms with Crippen molar-refractivity contribution < 1.29 is 5.21 Å². The topological polar surface area (TPSA) is 65.1 Å². The highest BCUT2D eigenvalue weighted by Gasteiger charge is 2.25. The summed E-state index contributed by atoms with van der Waals surface area (Å²) in [6.45, 7) is 7.26. The number of amidine groups is 1. The molecule has 1 aromatic carbocycles. The van der Waals surface area contributed by atoms with Crippen molar-refractivity contribution in [1.82, 2.24) is 4.90 Å². The van der Waals surface area contributed by atoms with Gasteiger partial charge in [-0.2, -0.15) is 0 Å². The molecular weight excluding hydrogens is 240 g/mol. The molecule has 19 heavy (non-hydrogen) atoms. The van der Waals surface area contributed by atoms with Crippen LogP contribution < -0.4 is 10.6 Å². The molecule has 0 radical (unpaired) electrons. The number of hydrogen-bond donors (Lipinski definition) is 2. The Kier molecular flexibility index (Phi) is 3.95. The fourth-order valence-electron chi connectivity index (χ4n) is 2.77. The second-order valence-electron chi connectivity index (χ2n) is 5.26. The molecule has 1 saturated heterocycles. The maximum atomic E-state index is 8.95. The molecule has 1 aliphatic heterocycles. The van der Waals surface area contributed by atoms with Gasteiger partial charge in [0.2, 0.25) is 0 Å². The average molecular weight is 262 g/mol. The first-order valence-corrected chi connectivity index (χ1v) is 6.57. The summed E-state index contributed by atoms with van der Waals surface area (Å²) in [5, 5.41) is 12.1. The van der Waals surface area contributed by atoms with Crippen LogP contribution in [0.3, 0.4) is 0 Å². The number of rotatable bonds is 2. The van der Waals surface area contributed by atoms with Gasteiger partial charge in [0.25, 0.3) is 0 Å². The van der Waals surface area contributed by atoms with Crippen molar-refractivity contribution in [2.75, 3.05) is 31.6 Å². The lowest BCUT2D eigenvalue weighted by atomic mass is 10.0. The van der Waals surface area contributed by atoms with Gasteiger partial charge in [-0.05, 0) is 32.5 Å². The van der Waals surface area contributed by atoms with Gasteiger partial charge in [0.1, 0.15) is 0 Å². The minimum Gasteiger partial charge on any atom is -0.409 e. The molecule has 0 bridgehead atoms. The molecule has 5 heteroatoms. The standard InChI is InChI=1S/C14H22N4O/c1-10-5-4-6-12(14(15)16-19)13(10)18-8-7-17(3)9-11(18)2/h4-6,11,19H,7-9H2,1-3H3,(H2,15,16). The van der Waals surface area contributed by atoms with Gasteiger partial charge in [0.15, 0.2) is 5.84 Å². The minimum absolute atomic E-state index is 0.171. The minimum atomic E-state index is 0.171. The van der Waals surface area contributed by atoms with E-state index in [-0.39, 0.29) is 5.84 Å². The molecule has 1 unspecified atom stereocenters. The van der Waals surface area contributed by atoms with Gasteiger partial charge >= 0.3 is 0 Å². The Hall–Kier alpha value is -1.75. The number of para-hydroxylation sites is 1. The first kappa shape index (κ1) is 13.7. The molecule has 1 heterocycles. The lowest BCUT2D eigenvalue weighted by Crippen LogP contribution is -2.51. The van der Waals surface area contributed by atoms with Crippen molar-refractivity contribution >= 4 is 11.5 Å². The summed E-state index contributed by atoms with van der Waals surface area (Å²) in [4.78, 5) is 4.67. The molecule has 0 spiro atoms. The molecule has 0 aliphatic carbocycles. The second kappa shape index (κ2) is 5.48. The zero-order chi connectivity index (χ0) is 14.0. The molecule has 3 N–H and O–H groups in total. The van der Waals surface area contributed by atoms with Gasteiger partial charge in [-0.25, -0.2) is 0 Å². The molecule has 0 saturated carbocycles. The normalized spacial score (nSPS) is 21.7. The number of oxime groups is 1. The number of hydrogen-bond acceptors (Lipinski definition) is 4. The van der Waals surface area contributed by atoms with E-state index in [9.17, 15) is 0 Å². The van der Waals surface area contributed by atoms with E-state index < -0.39 is 0 Å². The number of aryl methyl sites for hydroxylation is 1. The fraction of sp³-hybridized carbons (Fsp3) is 0.500. The van der Waals surface area contributed by atoms with Gasteiger partial charge in [0, 0.05) is 31.2 Å². The van der Waals surface area contributed by atoms with Crippen LogP contribution in [0.25, 0.3) is 0 Å². The predicted molar refractivity (Wildman–Crippen MR) is 78.0 cm³/mol. The van der Waals surface area contributed by atoms with E-state index >= 15 is 0 Å². The van der Waals surface area contributed by atoms with Crippen molar-refractivity contribution in [3.05, 3.63) is 29.3 Å². The highest BCUT2D eigenvalue weighted by molar-refractivity contribution is 6.02. The number of piperazine rings is 1. The van der Waals surface area contributed by atoms with Crippen molar-refractivity contribution in [2.24, 2.45) is 10.9 Å². The molecule has 1 aromatic rings. The Balaban J connectivity index is 2.43. The quantitative estimate of drug-likeness (QED) is 0.364. The highest BCUT2D eigenvalue weighted by atomic mass is 16.4. The van der Waals surface area contributed by atoms with Crippen LogP contribution >= 0.6 is 0 Å². The van der Waals surface area contributed by atoms with E-state index in [1.54, 1.807) is 0 Å². The fourth-order valence-corrected chi connectivity index (χ4v) is 2.77. The van der Waals surface area contributed by atoms with Crippen LogP contribution in [0.2, 0.25) is 0 Å². The van der Waals surface area contributed by atoms with E-state index in [1.807, 2.05) is 12.1 Å². The zero-order valence-corrected chi connectivity index (χ0v) is 11.8. The Bertz CT molecular complexity index is 486. The second-order valence-corrected chi connectivity index (χ2v) is 5.26. The third-order valence-corrected chi connectivity index (χ3v) is 3.74. The lowest BCUT2D eigenvalue weighted by Gasteiger charge is -2.41. The number of likely N-dealkylation sites (N-methyl/N-ethyl adjacent to an activating group) is 1. The number of anilines is 1. The van der Waals surface area contributed by atoms with E-state index in [4.69, 9.17) is 10.9 Å². The number of nitrogens with two attached hydrogens (primary N) is 1. The SMILES string of the molecule is Cc1cccc(/C(N)=N/O)c1N1CCN(C)CC1C. The maximum absolute atomic E-state index is 8.95. The predicted octanol–water partition coefficient (Wildman–Crippen LogP) is 1.23. The molecule has 0 amide bonds. The smallest absolute Gasteiger partial charge is 0.172 e. The van der Waals surface area contributed by atoms with Crippen LogP contribution in [0.4, 0.5) is 5.69 Å². The summed E-state index contributed by atoms with van der Waals surface area (Å²) in [5.74, 6) is 0.171. The van der Waals surface area contributed by atoms with E-state index in [0.717, 1.165) is 36.4 Å². The highest BCUT2D eigenvalue weighted by Crippen LogP contribution is 2.28.